The standard InChI is InChI=1S/C19H19N4OS2.ClH/c1-4-23-16(12-15-20-10-7-11-21(15)2)26-17(18(23)24)19-22(3)13-8-5-6-9-14(13)25-19;/h5-12H,4H2,1-3H3;1H/q+1;/p-1/b19-17+;. The number of hydrogen-bond acceptors (Lipinski definition) is 5. The predicted molar refractivity (Wildman–Crippen MR) is 107 cm³/mol. The van der Waals surface area contributed by atoms with Gasteiger partial charge in [-0.25, -0.2) is 4.57 Å². The van der Waals surface area contributed by atoms with Crippen LogP contribution in [0.15, 0.2) is 52.4 Å². The van der Waals surface area contributed by atoms with E-state index in [0.717, 1.165) is 25.7 Å². The van der Waals surface area contributed by atoms with Gasteiger partial charge in [0.2, 0.25) is 0 Å². The fourth-order valence-corrected chi connectivity index (χ4v) is 5.42. The van der Waals surface area contributed by atoms with Gasteiger partial charge in [0.25, 0.3) is 5.56 Å². The SMILES string of the molecule is CCn1c(=O)/c(=C2\Sc3ccccc3N2C)s/c1=C\c1nccc[n+]1C.[Cl-]. The number of aromatic nitrogens is 3. The molecule has 0 saturated heterocycles. The third-order valence-electron chi connectivity index (χ3n) is 4.38. The van der Waals surface area contributed by atoms with Crippen LogP contribution in [0.5, 0.6) is 0 Å². The van der Waals surface area contributed by atoms with Gasteiger partial charge in [-0.1, -0.05) is 23.9 Å². The summed E-state index contributed by atoms with van der Waals surface area (Å²) in [6, 6.07) is 10.1. The zero-order valence-corrected chi connectivity index (χ0v) is 17.6. The Kier molecular flexibility index (Phi) is 5.74. The van der Waals surface area contributed by atoms with Crippen molar-refractivity contribution in [2.75, 3.05) is 11.9 Å². The molecule has 140 valence electrons. The number of halogens is 1. The molecule has 1 aliphatic rings. The number of fused-ring (bicyclic) bond motifs is 1. The molecule has 1 aromatic carbocycles. The summed E-state index contributed by atoms with van der Waals surface area (Å²) in [5.41, 5.74) is 1.20. The summed E-state index contributed by atoms with van der Waals surface area (Å²) in [4.78, 5) is 20.7. The Morgan fingerprint density at radius 2 is 2.04 bits per heavy atom. The molecular weight excluding hydrogens is 400 g/mol. The molecule has 0 saturated carbocycles. The Morgan fingerprint density at radius 3 is 2.74 bits per heavy atom. The van der Waals surface area contributed by atoms with E-state index in [0.29, 0.717) is 6.54 Å². The summed E-state index contributed by atoms with van der Waals surface area (Å²) in [5, 5.41) is 0.994. The van der Waals surface area contributed by atoms with E-state index < -0.39 is 0 Å². The molecule has 3 heterocycles. The maximum atomic E-state index is 13.0. The van der Waals surface area contributed by atoms with Gasteiger partial charge in [0.1, 0.15) is 20.4 Å². The van der Waals surface area contributed by atoms with Gasteiger partial charge >= 0.3 is 5.82 Å². The second-order valence-corrected chi connectivity index (χ2v) is 8.05. The first-order valence-corrected chi connectivity index (χ1v) is 10.0. The summed E-state index contributed by atoms with van der Waals surface area (Å²) in [6.45, 7) is 2.63. The smallest absolute Gasteiger partial charge is 0.325 e. The van der Waals surface area contributed by atoms with Gasteiger partial charge in [0.05, 0.1) is 25.0 Å². The number of anilines is 1. The van der Waals surface area contributed by atoms with E-state index in [-0.39, 0.29) is 18.0 Å². The maximum Gasteiger partial charge on any atom is 0.325 e. The van der Waals surface area contributed by atoms with Crippen molar-refractivity contribution in [3.63, 3.8) is 0 Å². The van der Waals surface area contributed by atoms with Crippen molar-refractivity contribution in [1.82, 2.24) is 9.55 Å². The number of benzene rings is 1. The van der Waals surface area contributed by atoms with Crippen LogP contribution < -0.4 is 36.6 Å². The number of aryl methyl sites for hydroxylation is 1. The Hall–Kier alpha value is -2.09. The first-order valence-electron chi connectivity index (χ1n) is 8.37. The summed E-state index contributed by atoms with van der Waals surface area (Å²) >= 11 is 3.19. The van der Waals surface area contributed by atoms with Crippen LogP contribution in [0.4, 0.5) is 5.69 Å². The second-order valence-electron chi connectivity index (χ2n) is 5.99. The molecule has 0 N–H and O–H groups in total. The van der Waals surface area contributed by atoms with E-state index in [1.165, 1.54) is 16.2 Å². The van der Waals surface area contributed by atoms with Crippen molar-refractivity contribution in [1.29, 1.82) is 0 Å². The van der Waals surface area contributed by atoms with Crippen LogP contribution in [0.25, 0.3) is 11.1 Å². The van der Waals surface area contributed by atoms with Crippen molar-refractivity contribution in [2.24, 2.45) is 7.05 Å². The summed E-state index contributed by atoms with van der Waals surface area (Å²) in [7, 11) is 3.97. The fraction of sp³-hybridized carbons (Fsp3) is 0.211. The van der Waals surface area contributed by atoms with Gasteiger partial charge in [0.15, 0.2) is 0 Å². The molecule has 0 aliphatic carbocycles. The first-order chi connectivity index (χ1) is 12.6. The van der Waals surface area contributed by atoms with Crippen LogP contribution in [0.3, 0.4) is 0 Å². The highest BCUT2D eigenvalue weighted by Gasteiger charge is 2.24. The number of thioether (sulfide) groups is 1. The fourth-order valence-electron chi connectivity index (χ4n) is 2.97. The highest BCUT2D eigenvalue weighted by atomic mass is 35.5. The highest BCUT2D eigenvalue weighted by Crippen LogP contribution is 2.44. The Bertz CT molecular complexity index is 1170. The molecule has 4 rings (SSSR count). The number of hydrogen-bond donors (Lipinski definition) is 0. The van der Waals surface area contributed by atoms with E-state index in [2.05, 4.69) is 22.0 Å². The normalized spacial score (nSPS) is 15.7. The molecule has 27 heavy (non-hydrogen) atoms. The average molecular weight is 419 g/mol. The molecule has 0 unspecified atom stereocenters. The van der Waals surface area contributed by atoms with Crippen LogP contribution in [0.2, 0.25) is 0 Å². The quantitative estimate of drug-likeness (QED) is 0.465. The number of nitrogens with zero attached hydrogens (tertiary/aromatic N) is 4. The lowest BCUT2D eigenvalue weighted by Gasteiger charge is -2.11. The maximum absolute atomic E-state index is 13.0. The lowest BCUT2D eigenvalue weighted by molar-refractivity contribution is -0.676. The molecule has 5 nitrogen and oxygen atoms in total. The minimum Gasteiger partial charge on any atom is -1.00 e. The molecule has 0 radical (unpaired) electrons. The van der Waals surface area contributed by atoms with Gasteiger partial charge in [-0.15, -0.1) is 11.3 Å². The molecule has 8 heteroatoms. The lowest BCUT2D eigenvalue weighted by atomic mass is 10.3. The molecule has 0 spiro atoms. The van der Waals surface area contributed by atoms with E-state index >= 15 is 0 Å². The van der Waals surface area contributed by atoms with Crippen molar-refractivity contribution in [3.8, 4) is 0 Å². The molecule has 0 bridgehead atoms. The van der Waals surface area contributed by atoms with Crippen LogP contribution in [0, 0.1) is 0 Å². The summed E-state index contributed by atoms with van der Waals surface area (Å²) in [5.74, 6) is 0.822. The van der Waals surface area contributed by atoms with Gasteiger partial charge in [-0.2, -0.15) is 0 Å². The minimum absolute atomic E-state index is 0. The molecule has 0 amide bonds. The molecule has 2 aromatic heterocycles. The van der Waals surface area contributed by atoms with Crippen molar-refractivity contribution >= 4 is 39.9 Å². The van der Waals surface area contributed by atoms with Crippen LogP contribution in [0.1, 0.15) is 12.7 Å². The zero-order chi connectivity index (χ0) is 18.3. The van der Waals surface area contributed by atoms with Crippen molar-refractivity contribution in [2.45, 2.75) is 18.4 Å². The van der Waals surface area contributed by atoms with E-state index in [4.69, 9.17) is 0 Å². The average Bonchev–Trinajstić information content (AvgIpc) is 3.14. The van der Waals surface area contributed by atoms with Gasteiger partial charge in [-0.3, -0.25) is 9.36 Å². The highest BCUT2D eigenvalue weighted by molar-refractivity contribution is 8.08. The minimum atomic E-state index is 0. The molecule has 1 aliphatic heterocycles. The van der Waals surface area contributed by atoms with Crippen molar-refractivity contribution in [3.05, 3.63) is 68.1 Å². The Morgan fingerprint density at radius 1 is 1.26 bits per heavy atom. The first kappa shape index (κ1) is 19.7. The number of para-hydroxylation sites is 1. The van der Waals surface area contributed by atoms with Gasteiger partial charge in [-0.05, 0) is 24.0 Å². The van der Waals surface area contributed by atoms with E-state index in [1.54, 1.807) is 18.0 Å². The third kappa shape index (κ3) is 3.42. The van der Waals surface area contributed by atoms with Crippen LogP contribution in [-0.4, -0.2) is 16.6 Å². The zero-order valence-electron chi connectivity index (χ0n) is 15.2. The molecule has 3 aromatic rings. The Balaban J connectivity index is 0.00000210. The number of rotatable bonds is 2. The van der Waals surface area contributed by atoms with Crippen LogP contribution in [-0.2, 0) is 13.6 Å². The monoisotopic (exact) mass is 418 g/mol. The largest absolute Gasteiger partial charge is 1.00 e. The molecule has 0 fully saturated rings. The Labute approximate surface area is 171 Å². The predicted octanol–water partition coefficient (Wildman–Crippen LogP) is -1.71. The molecule has 0 atom stereocenters. The number of thiazole rings is 1. The summed E-state index contributed by atoms with van der Waals surface area (Å²) < 4.78 is 5.46. The third-order valence-corrected chi connectivity index (χ3v) is 6.86. The van der Waals surface area contributed by atoms with E-state index in [9.17, 15) is 4.79 Å². The van der Waals surface area contributed by atoms with Gasteiger partial charge in [0, 0.05) is 24.6 Å². The van der Waals surface area contributed by atoms with Crippen molar-refractivity contribution < 1.29 is 17.0 Å². The van der Waals surface area contributed by atoms with E-state index in [1.807, 2.05) is 60.6 Å². The van der Waals surface area contributed by atoms with Crippen LogP contribution >= 0.6 is 23.1 Å². The lowest BCUT2D eigenvalue weighted by Crippen LogP contribution is -3.00. The summed E-state index contributed by atoms with van der Waals surface area (Å²) in [6.07, 6.45) is 5.70. The second kappa shape index (κ2) is 7.88. The molecular formula is C19H19ClN4OS2. The van der Waals surface area contributed by atoms with Gasteiger partial charge < -0.3 is 17.3 Å². The topological polar surface area (TPSA) is 42.0 Å².